The summed E-state index contributed by atoms with van der Waals surface area (Å²) >= 11 is 0. The van der Waals surface area contributed by atoms with Gasteiger partial charge in [-0.1, -0.05) is 48.5 Å². The summed E-state index contributed by atoms with van der Waals surface area (Å²) in [7, 11) is -2.31. The number of para-hydroxylation sites is 1. The first-order valence-electron chi connectivity index (χ1n) is 9.17. The van der Waals surface area contributed by atoms with Crippen LogP contribution in [0.2, 0.25) is 0 Å². The monoisotopic (exact) mass is 423 g/mol. The zero-order valence-electron chi connectivity index (χ0n) is 16.3. The number of sulfonamides is 1. The van der Waals surface area contributed by atoms with Gasteiger partial charge in [0.25, 0.3) is 11.8 Å². The first-order valence-corrected chi connectivity index (χ1v) is 10.6. The van der Waals surface area contributed by atoms with Gasteiger partial charge in [-0.05, 0) is 35.9 Å². The van der Waals surface area contributed by atoms with Gasteiger partial charge in [0.05, 0.1) is 16.1 Å². The van der Waals surface area contributed by atoms with E-state index in [0.717, 1.165) is 5.56 Å². The van der Waals surface area contributed by atoms with Crippen LogP contribution in [-0.4, -0.2) is 27.3 Å². The van der Waals surface area contributed by atoms with E-state index in [-0.39, 0.29) is 22.9 Å². The van der Waals surface area contributed by atoms with Gasteiger partial charge in [0, 0.05) is 19.2 Å². The smallest absolute Gasteiger partial charge is 0.255 e. The molecule has 0 heterocycles. The van der Waals surface area contributed by atoms with Crippen LogP contribution in [0.5, 0.6) is 0 Å². The van der Waals surface area contributed by atoms with Crippen molar-refractivity contribution in [1.82, 2.24) is 10.0 Å². The maximum absolute atomic E-state index is 12.7. The number of anilines is 1. The summed E-state index contributed by atoms with van der Waals surface area (Å²) in [6.45, 7) is 0.138. The van der Waals surface area contributed by atoms with Crippen LogP contribution < -0.4 is 15.4 Å². The van der Waals surface area contributed by atoms with Crippen molar-refractivity contribution in [2.45, 2.75) is 11.4 Å². The Balaban J connectivity index is 1.78. The minimum Gasteiger partial charge on any atom is -0.355 e. The molecule has 0 fully saturated rings. The standard InChI is InChI=1S/C22H21N3O4S/c1-23-22(27)19-12-5-6-13-20(19)25-21(26)17-10-7-11-18(14-17)30(28,29)24-15-16-8-3-2-4-9-16/h2-14,24H,15H2,1H3,(H,23,27)(H,25,26). The van der Waals surface area contributed by atoms with Gasteiger partial charge in [-0.2, -0.15) is 0 Å². The first kappa shape index (κ1) is 21.2. The molecule has 30 heavy (non-hydrogen) atoms. The van der Waals surface area contributed by atoms with Crippen molar-refractivity contribution in [1.29, 1.82) is 0 Å². The van der Waals surface area contributed by atoms with Gasteiger partial charge >= 0.3 is 0 Å². The van der Waals surface area contributed by atoms with Crippen molar-refractivity contribution in [3.8, 4) is 0 Å². The fraction of sp³-hybridized carbons (Fsp3) is 0.0909. The van der Waals surface area contributed by atoms with Crippen LogP contribution in [0.25, 0.3) is 0 Å². The summed E-state index contributed by atoms with van der Waals surface area (Å²) in [5.74, 6) is -0.862. The lowest BCUT2D eigenvalue weighted by Gasteiger charge is -2.11. The average molecular weight is 423 g/mol. The molecule has 8 heteroatoms. The molecule has 0 saturated carbocycles. The third kappa shape index (κ3) is 5.11. The van der Waals surface area contributed by atoms with Crippen molar-refractivity contribution in [2.24, 2.45) is 0 Å². The largest absolute Gasteiger partial charge is 0.355 e. The fourth-order valence-corrected chi connectivity index (χ4v) is 3.84. The molecule has 0 bridgehead atoms. The quantitative estimate of drug-likeness (QED) is 0.543. The second-order valence-electron chi connectivity index (χ2n) is 6.42. The number of nitrogens with one attached hydrogen (secondary N) is 3. The van der Waals surface area contributed by atoms with Gasteiger partial charge in [-0.25, -0.2) is 13.1 Å². The van der Waals surface area contributed by atoms with Gasteiger partial charge in [-0.3, -0.25) is 9.59 Å². The molecule has 3 rings (SSSR count). The number of hydrogen-bond acceptors (Lipinski definition) is 4. The molecule has 3 aromatic rings. The minimum absolute atomic E-state index is 0.0225. The Labute approximate surface area is 175 Å². The maximum atomic E-state index is 12.7. The Morgan fingerprint density at radius 3 is 2.27 bits per heavy atom. The highest BCUT2D eigenvalue weighted by Gasteiger charge is 2.17. The Kier molecular flexibility index (Phi) is 6.61. The second-order valence-corrected chi connectivity index (χ2v) is 8.18. The molecular weight excluding hydrogens is 402 g/mol. The summed E-state index contributed by atoms with van der Waals surface area (Å²) < 4.78 is 27.8. The molecule has 0 saturated heterocycles. The van der Waals surface area contributed by atoms with E-state index < -0.39 is 15.9 Å². The molecule has 0 aromatic heterocycles. The van der Waals surface area contributed by atoms with Gasteiger partial charge in [0.2, 0.25) is 10.0 Å². The molecule has 0 radical (unpaired) electrons. The number of amides is 2. The number of hydrogen-bond donors (Lipinski definition) is 3. The number of carbonyl (C=O) groups is 2. The summed E-state index contributed by atoms with van der Waals surface area (Å²) in [6.07, 6.45) is 0. The van der Waals surface area contributed by atoms with Gasteiger partial charge in [-0.15, -0.1) is 0 Å². The number of benzene rings is 3. The lowest BCUT2D eigenvalue weighted by atomic mass is 10.1. The highest BCUT2D eigenvalue weighted by Crippen LogP contribution is 2.18. The Morgan fingerprint density at radius 2 is 1.53 bits per heavy atom. The Bertz CT molecular complexity index is 1160. The Morgan fingerprint density at radius 1 is 0.833 bits per heavy atom. The molecule has 0 aliphatic heterocycles. The average Bonchev–Trinajstić information content (AvgIpc) is 2.78. The summed E-state index contributed by atoms with van der Waals surface area (Å²) in [6, 6.07) is 21.4. The minimum atomic E-state index is -3.81. The van der Waals surface area contributed by atoms with Crippen LogP contribution in [0.4, 0.5) is 5.69 Å². The molecule has 0 unspecified atom stereocenters. The van der Waals surface area contributed by atoms with E-state index in [1.165, 1.54) is 31.3 Å². The van der Waals surface area contributed by atoms with Gasteiger partial charge in [0.1, 0.15) is 0 Å². The molecule has 154 valence electrons. The summed E-state index contributed by atoms with van der Waals surface area (Å²) in [5, 5.41) is 5.18. The van der Waals surface area contributed by atoms with Crippen molar-refractivity contribution in [3.05, 3.63) is 95.6 Å². The first-order chi connectivity index (χ1) is 14.4. The summed E-state index contributed by atoms with van der Waals surface area (Å²) in [4.78, 5) is 24.6. The molecule has 2 amide bonds. The molecule has 7 nitrogen and oxygen atoms in total. The van der Waals surface area contributed by atoms with Crippen LogP contribution in [0.1, 0.15) is 26.3 Å². The topological polar surface area (TPSA) is 104 Å². The van der Waals surface area contributed by atoms with Crippen molar-refractivity contribution >= 4 is 27.5 Å². The van der Waals surface area contributed by atoms with Crippen LogP contribution in [0, 0.1) is 0 Å². The maximum Gasteiger partial charge on any atom is 0.255 e. The molecule has 0 aliphatic rings. The zero-order valence-corrected chi connectivity index (χ0v) is 17.1. The highest BCUT2D eigenvalue weighted by atomic mass is 32.2. The SMILES string of the molecule is CNC(=O)c1ccccc1NC(=O)c1cccc(S(=O)(=O)NCc2ccccc2)c1. The van der Waals surface area contributed by atoms with E-state index in [2.05, 4.69) is 15.4 Å². The van der Waals surface area contributed by atoms with Gasteiger partial charge in [0.15, 0.2) is 0 Å². The molecule has 3 aromatic carbocycles. The predicted molar refractivity (Wildman–Crippen MR) is 115 cm³/mol. The van der Waals surface area contributed by atoms with Crippen molar-refractivity contribution in [2.75, 3.05) is 12.4 Å². The second kappa shape index (κ2) is 9.34. The van der Waals surface area contributed by atoms with Crippen LogP contribution in [0.3, 0.4) is 0 Å². The lowest BCUT2D eigenvalue weighted by Crippen LogP contribution is -2.24. The van der Waals surface area contributed by atoms with E-state index in [0.29, 0.717) is 11.3 Å². The predicted octanol–water partition coefficient (Wildman–Crippen LogP) is 2.78. The molecule has 0 spiro atoms. The number of carbonyl (C=O) groups excluding carboxylic acids is 2. The van der Waals surface area contributed by atoms with Crippen LogP contribution >= 0.6 is 0 Å². The summed E-state index contributed by atoms with van der Waals surface area (Å²) in [5.41, 5.74) is 1.61. The van der Waals surface area contributed by atoms with E-state index >= 15 is 0 Å². The normalized spacial score (nSPS) is 11.0. The van der Waals surface area contributed by atoms with Crippen LogP contribution in [0.15, 0.2) is 83.8 Å². The zero-order chi connectivity index (χ0) is 21.6. The lowest BCUT2D eigenvalue weighted by molar-refractivity contribution is 0.0964. The van der Waals surface area contributed by atoms with E-state index in [1.54, 1.807) is 24.3 Å². The van der Waals surface area contributed by atoms with E-state index in [9.17, 15) is 18.0 Å². The fourth-order valence-electron chi connectivity index (χ4n) is 2.78. The van der Waals surface area contributed by atoms with Crippen LogP contribution in [-0.2, 0) is 16.6 Å². The van der Waals surface area contributed by atoms with Crippen molar-refractivity contribution < 1.29 is 18.0 Å². The Hall–Kier alpha value is -3.49. The highest BCUT2D eigenvalue weighted by molar-refractivity contribution is 7.89. The molecule has 0 atom stereocenters. The van der Waals surface area contributed by atoms with E-state index in [4.69, 9.17) is 0 Å². The van der Waals surface area contributed by atoms with Crippen molar-refractivity contribution in [3.63, 3.8) is 0 Å². The van der Waals surface area contributed by atoms with Gasteiger partial charge < -0.3 is 10.6 Å². The van der Waals surface area contributed by atoms with E-state index in [1.807, 2.05) is 30.3 Å². The molecular formula is C22H21N3O4S. The third-order valence-electron chi connectivity index (χ3n) is 4.36. The number of rotatable bonds is 7. The third-order valence-corrected chi connectivity index (χ3v) is 5.76. The molecule has 3 N–H and O–H groups in total. The molecule has 0 aliphatic carbocycles.